The van der Waals surface area contributed by atoms with Gasteiger partial charge in [-0.15, -0.1) is 5.10 Å². The monoisotopic (exact) mass is 386 g/mol. The first-order valence-electron chi connectivity index (χ1n) is 6.37. The zero-order chi connectivity index (χ0) is 14.5. The lowest BCUT2D eigenvalue weighted by molar-refractivity contribution is -0.138. The molecule has 1 aromatic carbocycles. The van der Waals surface area contributed by atoms with Gasteiger partial charge < -0.3 is 5.11 Å². The van der Waals surface area contributed by atoms with Gasteiger partial charge in [0.15, 0.2) is 5.82 Å². The number of benzene rings is 1. The molecule has 20 heavy (non-hydrogen) atoms. The average Bonchev–Trinajstić information content (AvgIpc) is 2.88. The van der Waals surface area contributed by atoms with Crippen molar-refractivity contribution < 1.29 is 9.90 Å². The molecule has 0 saturated carbocycles. The summed E-state index contributed by atoms with van der Waals surface area (Å²) < 4.78 is 2.75. The van der Waals surface area contributed by atoms with Crippen molar-refractivity contribution in [1.82, 2.24) is 20.2 Å². The van der Waals surface area contributed by atoms with E-state index in [0.29, 0.717) is 5.82 Å². The van der Waals surface area contributed by atoms with Crippen LogP contribution in [0.1, 0.15) is 32.2 Å². The smallest absolute Gasteiger partial charge is 0.305 e. The first kappa shape index (κ1) is 14.9. The van der Waals surface area contributed by atoms with Gasteiger partial charge >= 0.3 is 5.97 Å². The quantitative estimate of drug-likeness (QED) is 0.773. The van der Waals surface area contributed by atoms with Crippen LogP contribution < -0.4 is 0 Å². The van der Waals surface area contributed by atoms with Gasteiger partial charge in [0.25, 0.3) is 0 Å². The summed E-state index contributed by atoms with van der Waals surface area (Å²) in [5.74, 6) is -0.228. The molecule has 0 spiro atoms. The fraction of sp³-hybridized carbons (Fsp3) is 0.385. The second kappa shape index (κ2) is 6.78. The van der Waals surface area contributed by atoms with E-state index in [9.17, 15) is 4.79 Å². The summed E-state index contributed by atoms with van der Waals surface area (Å²) in [6.07, 6.45) is 1.63. The standard InChI is InChI=1S/C13H15IN4O2/c1-2-3-11(8-12(19)20)18-13(15-16-17-18)9-4-6-10(14)7-5-9/h4-7,11H,2-3,8H2,1H3,(H,19,20). The lowest BCUT2D eigenvalue weighted by atomic mass is 10.1. The first-order chi connectivity index (χ1) is 9.61. The van der Waals surface area contributed by atoms with Crippen LogP contribution in [0.2, 0.25) is 0 Å². The minimum absolute atomic E-state index is 0.0241. The predicted octanol–water partition coefficient (Wildman–Crippen LogP) is 2.76. The van der Waals surface area contributed by atoms with E-state index in [1.54, 1.807) is 4.68 Å². The number of tetrazole rings is 1. The van der Waals surface area contributed by atoms with Crippen molar-refractivity contribution >= 4 is 28.6 Å². The van der Waals surface area contributed by atoms with Crippen LogP contribution in [-0.4, -0.2) is 31.3 Å². The first-order valence-corrected chi connectivity index (χ1v) is 7.45. The van der Waals surface area contributed by atoms with Gasteiger partial charge in [-0.2, -0.15) is 0 Å². The van der Waals surface area contributed by atoms with E-state index < -0.39 is 5.97 Å². The molecule has 6 nitrogen and oxygen atoms in total. The second-order valence-corrected chi connectivity index (χ2v) is 5.74. The Labute approximate surface area is 130 Å². The third-order valence-electron chi connectivity index (χ3n) is 2.97. The number of aliphatic carboxylic acids is 1. The lowest BCUT2D eigenvalue weighted by Crippen LogP contribution is -2.16. The summed E-state index contributed by atoms with van der Waals surface area (Å²) in [5.41, 5.74) is 0.891. The maximum Gasteiger partial charge on any atom is 0.305 e. The molecule has 0 bridgehead atoms. The average molecular weight is 386 g/mol. The number of halogens is 1. The molecule has 1 aromatic heterocycles. The van der Waals surface area contributed by atoms with Crippen molar-refractivity contribution in [2.24, 2.45) is 0 Å². The molecule has 0 amide bonds. The molecule has 0 radical (unpaired) electrons. The summed E-state index contributed by atoms with van der Waals surface area (Å²) >= 11 is 2.23. The van der Waals surface area contributed by atoms with Crippen LogP contribution in [0.15, 0.2) is 24.3 Å². The fourth-order valence-electron chi connectivity index (χ4n) is 2.07. The Morgan fingerprint density at radius 3 is 2.70 bits per heavy atom. The Bertz CT molecular complexity index is 582. The Hall–Kier alpha value is -1.51. The second-order valence-electron chi connectivity index (χ2n) is 4.49. The van der Waals surface area contributed by atoms with Crippen molar-refractivity contribution in [3.05, 3.63) is 27.8 Å². The van der Waals surface area contributed by atoms with Gasteiger partial charge in [-0.1, -0.05) is 25.5 Å². The molecule has 0 saturated heterocycles. The zero-order valence-electron chi connectivity index (χ0n) is 11.0. The Morgan fingerprint density at radius 1 is 1.40 bits per heavy atom. The van der Waals surface area contributed by atoms with Crippen LogP contribution in [0.3, 0.4) is 0 Å². The molecule has 0 aliphatic heterocycles. The van der Waals surface area contributed by atoms with Gasteiger partial charge in [-0.05, 0) is 51.6 Å². The van der Waals surface area contributed by atoms with E-state index in [1.165, 1.54) is 0 Å². The summed E-state index contributed by atoms with van der Waals surface area (Å²) in [6, 6.07) is 7.60. The van der Waals surface area contributed by atoms with Crippen LogP contribution in [-0.2, 0) is 4.79 Å². The number of carbonyl (C=O) groups is 1. The molecule has 2 rings (SSSR count). The molecule has 0 aliphatic carbocycles. The largest absolute Gasteiger partial charge is 0.481 e. The van der Waals surface area contributed by atoms with Crippen LogP contribution in [0.25, 0.3) is 11.4 Å². The number of hydrogen-bond donors (Lipinski definition) is 1. The maximum absolute atomic E-state index is 11.0. The lowest BCUT2D eigenvalue weighted by Gasteiger charge is -2.15. The molecule has 1 N–H and O–H groups in total. The highest BCUT2D eigenvalue weighted by atomic mass is 127. The van der Waals surface area contributed by atoms with Crippen LogP contribution in [0.4, 0.5) is 0 Å². The maximum atomic E-state index is 11.0. The number of nitrogens with zero attached hydrogens (tertiary/aromatic N) is 4. The van der Waals surface area contributed by atoms with Crippen LogP contribution in [0.5, 0.6) is 0 Å². The molecular formula is C13H15IN4O2. The van der Waals surface area contributed by atoms with Gasteiger partial charge in [0, 0.05) is 9.13 Å². The zero-order valence-corrected chi connectivity index (χ0v) is 13.2. The predicted molar refractivity (Wildman–Crippen MR) is 82.2 cm³/mol. The van der Waals surface area contributed by atoms with Crippen molar-refractivity contribution in [2.75, 3.05) is 0 Å². The number of aromatic nitrogens is 4. The summed E-state index contributed by atoms with van der Waals surface area (Å²) in [5, 5.41) is 20.7. The summed E-state index contributed by atoms with van der Waals surface area (Å²) in [6.45, 7) is 2.02. The van der Waals surface area contributed by atoms with Crippen LogP contribution in [0, 0.1) is 3.57 Å². The van der Waals surface area contributed by atoms with Crippen LogP contribution >= 0.6 is 22.6 Å². The Morgan fingerprint density at radius 2 is 2.10 bits per heavy atom. The highest BCUT2D eigenvalue weighted by Gasteiger charge is 2.20. The molecule has 0 aliphatic rings. The van der Waals surface area contributed by atoms with Gasteiger partial charge in [0.2, 0.25) is 0 Å². The molecule has 2 aromatic rings. The third kappa shape index (κ3) is 3.53. The highest BCUT2D eigenvalue weighted by molar-refractivity contribution is 14.1. The minimum atomic E-state index is -0.840. The van der Waals surface area contributed by atoms with Gasteiger partial charge in [-0.3, -0.25) is 4.79 Å². The molecule has 106 valence electrons. The van der Waals surface area contributed by atoms with Gasteiger partial charge in [0.1, 0.15) is 0 Å². The molecule has 1 heterocycles. The SMILES string of the molecule is CCCC(CC(=O)O)n1nnnc1-c1ccc(I)cc1. The fourth-order valence-corrected chi connectivity index (χ4v) is 2.43. The van der Waals surface area contributed by atoms with E-state index >= 15 is 0 Å². The Balaban J connectivity index is 2.34. The van der Waals surface area contributed by atoms with Crippen molar-refractivity contribution in [3.63, 3.8) is 0 Å². The van der Waals surface area contributed by atoms with Crippen molar-refractivity contribution in [1.29, 1.82) is 0 Å². The normalized spacial score (nSPS) is 12.3. The number of hydrogen-bond acceptors (Lipinski definition) is 4. The Kier molecular flexibility index (Phi) is 5.05. The van der Waals surface area contributed by atoms with E-state index in [0.717, 1.165) is 22.0 Å². The molecule has 1 atom stereocenters. The van der Waals surface area contributed by atoms with E-state index in [1.807, 2.05) is 31.2 Å². The van der Waals surface area contributed by atoms with E-state index in [2.05, 4.69) is 38.1 Å². The van der Waals surface area contributed by atoms with E-state index in [4.69, 9.17) is 5.11 Å². The number of rotatable bonds is 6. The highest BCUT2D eigenvalue weighted by Crippen LogP contribution is 2.24. The third-order valence-corrected chi connectivity index (χ3v) is 3.69. The topological polar surface area (TPSA) is 80.9 Å². The van der Waals surface area contributed by atoms with Crippen molar-refractivity contribution in [3.8, 4) is 11.4 Å². The van der Waals surface area contributed by atoms with E-state index in [-0.39, 0.29) is 12.5 Å². The molecule has 0 fully saturated rings. The molecular weight excluding hydrogens is 371 g/mol. The molecule has 1 unspecified atom stereocenters. The minimum Gasteiger partial charge on any atom is -0.481 e. The summed E-state index contributed by atoms with van der Waals surface area (Å²) in [4.78, 5) is 11.0. The van der Waals surface area contributed by atoms with Gasteiger partial charge in [0.05, 0.1) is 12.5 Å². The summed E-state index contributed by atoms with van der Waals surface area (Å²) in [7, 11) is 0. The molecule has 7 heteroatoms. The van der Waals surface area contributed by atoms with Gasteiger partial charge in [-0.25, -0.2) is 4.68 Å². The van der Waals surface area contributed by atoms with Crippen molar-refractivity contribution in [2.45, 2.75) is 32.2 Å². The number of carboxylic acids is 1. The number of carboxylic acid groups (broad SMARTS) is 1.